The molecule has 0 amide bonds. The smallest absolute Gasteiger partial charge is 0.138 e. The average molecular weight is 208 g/mol. The van der Waals surface area contributed by atoms with Crippen molar-refractivity contribution in [1.82, 2.24) is 0 Å². The molecule has 0 heterocycles. The Morgan fingerprint density at radius 2 is 2.00 bits per heavy atom. The van der Waals surface area contributed by atoms with Crippen LogP contribution in [0.3, 0.4) is 0 Å². The summed E-state index contributed by atoms with van der Waals surface area (Å²) in [6.07, 6.45) is 1.36. The van der Waals surface area contributed by atoms with Crippen LogP contribution in [0.4, 0.5) is 4.39 Å². The molecule has 1 aliphatic rings. The van der Waals surface area contributed by atoms with Crippen LogP contribution in [0.1, 0.15) is 30.9 Å². The van der Waals surface area contributed by atoms with Crippen molar-refractivity contribution in [1.29, 1.82) is 0 Å². The first kappa shape index (κ1) is 10.3. The number of carbonyl (C=O) groups excluding carboxylic acids is 1. The lowest BCUT2D eigenvalue weighted by Gasteiger charge is -2.16. The fourth-order valence-corrected chi connectivity index (χ4v) is 2.07. The van der Waals surface area contributed by atoms with Crippen LogP contribution in [-0.2, 0) is 4.79 Å². The van der Waals surface area contributed by atoms with E-state index in [-0.39, 0.29) is 17.5 Å². The molecule has 2 nitrogen and oxygen atoms in total. The lowest BCUT2D eigenvalue weighted by atomic mass is 9.94. The number of aliphatic hydroxyl groups is 1. The van der Waals surface area contributed by atoms with Crippen LogP contribution in [0.2, 0.25) is 0 Å². The molecule has 0 aliphatic heterocycles. The average Bonchev–Trinajstić information content (AvgIpc) is 2.65. The summed E-state index contributed by atoms with van der Waals surface area (Å²) >= 11 is 0. The molecule has 0 spiro atoms. The lowest BCUT2D eigenvalue weighted by Crippen LogP contribution is -2.16. The van der Waals surface area contributed by atoms with Crippen LogP contribution < -0.4 is 0 Å². The molecule has 0 bridgehead atoms. The highest BCUT2D eigenvalue weighted by Gasteiger charge is 2.31. The van der Waals surface area contributed by atoms with Gasteiger partial charge in [-0.05, 0) is 30.5 Å². The molecular formula is C12H13FO2. The quantitative estimate of drug-likeness (QED) is 0.809. The number of Topliss-reactive ketones (excluding diaryl/α,β-unsaturated/α-hetero) is 1. The second-order valence-electron chi connectivity index (χ2n) is 3.96. The van der Waals surface area contributed by atoms with Gasteiger partial charge < -0.3 is 5.11 Å². The van der Waals surface area contributed by atoms with Crippen LogP contribution in [0.5, 0.6) is 0 Å². The number of rotatable bonds is 2. The van der Waals surface area contributed by atoms with Crippen molar-refractivity contribution >= 4 is 5.78 Å². The first-order chi connectivity index (χ1) is 7.18. The number of ketones is 1. The van der Waals surface area contributed by atoms with Crippen LogP contribution >= 0.6 is 0 Å². The normalized spacial score (nSPS) is 23.1. The second-order valence-corrected chi connectivity index (χ2v) is 3.96. The lowest BCUT2D eigenvalue weighted by molar-refractivity contribution is -0.123. The number of hydrogen-bond acceptors (Lipinski definition) is 2. The van der Waals surface area contributed by atoms with E-state index in [0.29, 0.717) is 12.0 Å². The van der Waals surface area contributed by atoms with Gasteiger partial charge in [-0.25, -0.2) is 4.39 Å². The van der Waals surface area contributed by atoms with Crippen molar-refractivity contribution in [3.05, 3.63) is 35.6 Å². The van der Waals surface area contributed by atoms with Crippen molar-refractivity contribution < 1.29 is 14.3 Å². The standard InChI is InChI=1S/C12H13FO2/c13-9-6-4-8(5-7-9)12(15)10-2-1-3-11(10)14/h4-7,10,12,15H,1-3H2/t10-,12+/m1/s1. The van der Waals surface area contributed by atoms with E-state index in [0.717, 1.165) is 12.8 Å². The van der Waals surface area contributed by atoms with E-state index in [2.05, 4.69) is 0 Å². The monoisotopic (exact) mass is 208 g/mol. The van der Waals surface area contributed by atoms with Gasteiger partial charge in [-0.2, -0.15) is 0 Å². The van der Waals surface area contributed by atoms with Crippen molar-refractivity contribution in [2.75, 3.05) is 0 Å². The van der Waals surface area contributed by atoms with Crippen molar-refractivity contribution in [2.45, 2.75) is 25.4 Å². The molecule has 0 saturated heterocycles. The van der Waals surface area contributed by atoms with E-state index in [1.165, 1.54) is 24.3 Å². The van der Waals surface area contributed by atoms with Gasteiger partial charge in [0.15, 0.2) is 0 Å². The highest BCUT2D eigenvalue weighted by Crippen LogP contribution is 2.32. The number of carbonyl (C=O) groups is 1. The summed E-state index contributed by atoms with van der Waals surface area (Å²) in [5.74, 6) is -0.508. The van der Waals surface area contributed by atoms with Crippen molar-refractivity contribution in [3.63, 3.8) is 0 Å². The van der Waals surface area contributed by atoms with E-state index in [1.54, 1.807) is 0 Å². The van der Waals surface area contributed by atoms with Crippen LogP contribution in [-0.4, -0.2) is 10.9 Å². The largest absolute Gasteiger partial charge is 0.388 e. The van der Waals surface area contributed by atoms with Crippen LogP contribution in [0.25, 0.3) is 0 Å². The van der Waals surface area contributed by atoms with E-state index in [9.17, 15) is 14.3 Å². The Balaban J connectivity index is 2.16. The second kappa shape index (κ2) is 4.11. The van der Waals surface area contributed by atoms with Gasteiger partial charge in [0.25, 0.3) is 0 Å². The summed E-state index contributed by atoms with van der Waals surface area (Å²) in [4.78, 5) is 11.4. The number of halogens is 1. The summed E-state index contributed by atoms with van der Waals surface area (Å²) in [5.41, 5.74) is 0.622. The SMILES string of the molecule is O=C1CCC[C@H]1[C@@H](O)c1ccc(F)cc1. The van der Waals surface area contributed by atoms with Gasteiger partial charge in [0, 0.05) is 12.3 Å². The van der Waals surface area contributed by atoms with Gasteiger partial charge in [0.05, 0.1) is 6.10 Å². The molecule has 0 aromatic heterocycles. The maximum Gasteiger partial charge on any atom is 0.138 e. The Kier molecular flexibility index (Phi) is 2.82. The first-order valence-corrected chi connectivity index (χ1v) is 5.15. The molecule has 1 saturated carbocycles. The summed E-state index contributed by atoms with van der Waals surface area (Å²) in [5, 5.41) is 9.94. The third-order valence-electron chi connectivity index (χ3n) is 2.94. The minimum absolute atomic E-state index is 0.117. The Morgan fingerprint density at radius 1 is 1.33 bits per heavy atom. The van der Waals surface area contributed by atoms with Gasteiger partial charge in [-0.15, -0.1) is 0 Å². The van der Waals surface area contributed by atoms with E-state index >= 15 is 0 Å². The minimum atomic E-state index is -0.777. The molecule has 3 heteroatoms. The predicted molar refractivity (Wildman–Crippen MR) is 53.7 cm³/mol. The highest BCUT2D eigenvalue weighted by molar-refractivity contribution is 5.83. The molecule has 1 aromatic carbocycles. The Hall–Kier alpha value is -1.22. The molecule has 0 radical (unpaired) electrons. The number of benzene rings is 1. The summed E-state index contributed by atoms with van der Waals surface area (Å²) in [6.45, 7) is 0. The predicted octanol–water partition coefficient (Wildman–Crippen LogP) is 2.23. The number of aliphatic hydroxyl groups excluding tert-OH is 1. The minimum Gasteiger partial charge on any atom is -0.388 e. The Labute approximate surface area is 87.7 Å². The molecule has 15 heavy (non-hydrogen) atoms. The van der Waals surface area contributed by atoms with Gasteiger partial charge in [0.2, 0.25) is 0 Å². The molecule has 2 atom stereocenters. The molecular weight excluding hydrogens is 195 g/mol. The van der Waals surface area contributed by atoms with E-state index in [4.69, 9.17) is 0 Å². The summed E-state index contributed by atoms with van der Waals surface area (Å²) < 4.78 is 12.7. The molecule has 1 aliphatic carbocycles. The van der Waals surface area contributed by atoms with Crippen LogP contribution in [0.15, 0.2) is 24.3 Å². The zero-order valence-corrected chi connectivity index (χ0v) is 8.32. The summed E-state index contributed by atoms with van der Waals surface area (Å²) in [7, 11) is 0. The first-order valence-electron chi connectivity index (χ1n) is 5.15. The van der Waals surface area contributed by atoms with Gasteiger partial charge in [0.1, 0.15) is 11.6 Å². The third kappa shape index (κ3) is 2.07. The maximum absolute atomic E-state index is 12.7. The number of hydrogen-bond donors (Lipinski definition) is 1. The molecule has 1 fully saturated rings. The Bertz CT molecular complexity index is 358. The fourth-order valence-electron chi connectivity index (χ4n) is 2.07. The maximum atomic E-state index is 12.7. The third-order valence-corrected chi connectivity index (χ3v) is 2.94. The van der Waals surface area contributed by atoms with Gasteiger partial charge in [-0.1, -0.05) is 12.1 Å². The molecule has 80 valence electrons. The molecule has 1 N–H and O–H groups in total. The van der Waals surface area contributed by atoms with E-state index in [1.807, 2.05) is 0 Å². The molecule has 0 unspecified atom stereocenters. The van der Waals surface area contributed by atoms with Crippen LogP contribution in [0, 0.1) is 11.7 Å². The highest BCUT2D eigenvalue weighted by atomic mass is 19.1. The zero-order valence-electron chi connectivity index (χ0n) is 8.32. The van der Waals surface area contributed by atoms with Crippen molar-refractivity contribution in [2.24, 2.45) is 5.92 Å². The van der Waals surface area contributed by atoms with Gasteiger partial charge in [-0.3, -0.25) is 4.79 Å². The van der Waals surface area contributed by atoms with Gasteiger partial charge >= 0.3 is 0 Å². The molecule has 2 rings (SSSR count). The zero-order chi connectivity index (χ0) is 10.8. The molecule has 1 aromatic rings. The topological polar surface area (TPSA) is 37.3 Å². The van der Waals surface area contributed by atoms with Crippen molar-refractivity contribution in [3.8, 4) is 0 Å². The summed E-state index contributed by atoms with van der Waals surface area (Å²) in [6, 6.07) is 5.67. The Morgan fingerprint density at radius 3 is 2.53 bits per heavy atom. The fraction of sp³-hybridized carbons (Fsp3) is 0.417. The van der Waals surface area contributed by atoms with E-state index < -0.39 is 6.10 Å².